The Morgan fingerprint density at radius 1 is 1.06 bits per heavy atom. The van der Waals surface area contributed by atoms with Crippen LogP contribution in [0.5, 0.6) is 11.5 Å². The van der Waals surface area contributed by atoms with Crippen molar-refractivity contribution in [2.45, 2.75) is 12.8 Å². The Kier molecular flexibility index (Phi) is 9.76. The largest absolute Gasteiger partial charge is 0.503 e. The molecule has 0 saturated carbocycles. The quantitative estimate of drug-likeness (QED) is 0.205. The Balaban J connectivity index is 2.18. The molecule has 2 aromatic carbocycles. The Morgan fingerprint density at radius 2 is 1.70 bits per heavy atom. The molecular formula is C22H18Cl3F3O5. The number of allylic oxidation sites excluding steroid dienone is 1. The van der Waals surface area contributed by atoms with E-state index in [0.717, 1.165) is 0 Å². The van der Waals surface area contributed by atoms with Crippen LogP contribution < -0.4 is 9.47 Å². The number of benzene rings is 2. The standard InChI is InChI=1S/C22H18Cl3F3O5/c1-30-12-16(21(29)31-2)15-6-4-3-5-13(15)11-33-14-9-17(23)20(18(24)10-14)32-8-7-19(25)22(26,27)28/h3-7,9-10,12H,8,11H2,1-2H3. The molecule has 0 aliphatic carbocycles. The monoisotopic (exact) mass is 524 g/mol. The summed E-state index contributed by atoms with van der Waals surface area (Å²) in [4.78, 5) is 12.1. The molecule has 11 heteroatoms. The first-order valence-electron chi connectivity index (χ1n) is 9.15. The summed E-state index contributed by atoms with van der Waals surface area (Å²) in [6.45, 7) is -0.460. The van der Waals surface area contributed by atoms with Crippen LogP contribution in [-0.4, -0.2) is 33.0 Å². The van der Waals surface area contributed by atoms with Gasteiger partial charge in [0.05, 0.1) is 30.5 Å². The van der Waals surface area contributed by atoms with Crippen molar-refractivity contribution >= 4 is 46.3 Å². The van der Waals surface area contributed by atoms with Crippen LogP contribution in [0, 0.1) is 0 Å². The van der Waals surface area contributed by atoms with Gasteiger partial charge in [-0.3, -0.25) is 0 Å². The number of hydrogen-bond acceptors (Lipinski definition) is 5. The number of halogens is 6. The fourth-order valence-electron chi connectivity index (χ4n) is 2.59. The minimum Gasteiger partial charge on any atom is -0.503 e. The summed E-state index contributed by atoms with van der Waals surface area (Å²) in [5.41, 5.74) is 1.38. The number of alkyl halides is 3. The molecule has 0 bridgehead atoms. The van der Waals surface area contributed by atoms with Gasteiger partial charge >= 0.3 is 12.1 Å². The predicted molar refractivity (Wildman–Crippen MR) is 120 cm³/mol. The first kappa shape index (κ1) is 26.7. The van der Waals surface area contributed by atoms with E-state index in [1.807, 2.05) is 0 Å². The molecule has 0 atom stereocenters. The van der Waals surface area contributed by atoms with Crippen molar-refractivity contribution in [2.75, 3.05) is 20.8 Å². The van der Waals surface area contributed by atoms with Crippen molar-refractivity contribution in [1.29, 1.82) is 0 Å². The summed E-state index contributed by atoms with van der Waals surface area (Å²) in [5, 5.41) is -1.27. The lowest BCUT2D eigenvalue weighted by Gasteiger charge is -2.14. The normalized spacial score (nSPS) is 12.4. The van der Waals surface area contributed by atoms with Crippen molar-refractivity contribution in [3.8, 4) is 11.5 Å². The molecule has 0 amide bonds. The second-order valence-electron chi connectivity index (χ2n) is 6.28. The molecule has 2 aromatic rings. The minimum absolute atomic E-state index is 0.0232. The second kappa shape index (κ2) is 12.1. The number of carbonyl (C=O) groups is 1. The summed E-state index contributed by atoms with van der Waals surface area (Å²) in [7, 11) is 2.66. The first-order valence-corrected chi connectivity index (χ1v) is 10.3. The fraction of sp³-hybridized carbons (Fsp3) is 0.227. The zero-order valence-electron chi connectivity index (χ0n) is 17.3. The van der Waals surface area contributed by atoms with E-state index in [1.165, 1.54) is 32.6 Å². The molecule has 0 N–H and O–H groups in total. The molecule has 0 fully saturated rings. The Hall–Kier alpha value is -2.55. The van der Waals surface area contributed by atoms with Crippen molar-refractivity contribution < 1.29 is 36.9 Å². The van der Waals surface area contributed by atoms with E-state index in [2.05, 4.69) is 0 Å². The van der Waals surface area contributed by atoms with E-state index in [0.29, 0.717) is 17.2 Å². The van der Waals surface area contributed by atoms with Gasteiger partial charge in [-0.2, -0.15) is 13.2 Å². The summed E-state index contributed by atoms with van der Waals surface area (Å²) >= 11 is 17.4. The maximum Gasteiger partial charge on any atom is 0.426 e. The van der Waals surface area contributed by atoms with Crippen LogP contribution in [0.1, 0.15) is 11.1 Å². The van der Waals surface area contributed by atoms with E-state index < -0.39 is 23.8 Å². The second-order valence-corrected chi connectivity index (χ2v) is 7.50. The van der Waals surface area contributed by atoms with Crippen LogP contribution in [0.3, 0.4) is 0 Å². The topological polar surface area (TPSA) is 54.0 Å². The third kappa shape index (κ3) is 7.48. The molecule has 0 heterocycles. The molecule has 0 aliphatic rings. The number of esters is 1. The highest BCUT2D eigenvalue weighted by molar-refractivity contribution is 6.37. The molecule has 0 radical (unpaired) electrons. The zero-order chi connectivity index (χ0) is 24.6. The van der Waals surface area contributed by atoms with Crippen molar-refractivity contribution in [1.82, 2.24) is 0 Å². The average Bonchev–Trinajstić information content (AvgIpc) is 2.76. The third-order valence-corrected chi connectivity index (χ3v) is 5.01. The third-order valence-electron chi connectivity index (χ3n) is 4.08. The summed E-state index contributed by atoms with van der Waals surface area (Å²) in [5.74, 6) is -0.340. The Labute approximate surface area is 203 Å². The van der Waals surface area contributed by atoms with Gasteiger partial charge in [0.2, 0.25) is 0 Å². The van der Waals surface area contributed by atoms with Crippen LogP contribution in [0.2, 0.25) is 10.0 Å². The van der Waals surface area contributed by atoms with Gasteiger partial charge < -0.3 is 18.9 Å². The van der Waals surface area contributed by atoms with E-state index in [1.54, 1.807) is 24.3 Å². The average molecular weight is 526 g/mol. The van der Waals surface area contributed by atoms with Crippen LogP contribution >= 0.6 is 34.8 Å². The highest BCUT2D eigenvalue weighted by Crippen LogP contribution is 2.38. The molecule has 0 aliphatic heterocycles. The lowest BCUT2D eigenvalue weighted by molar-refractivity contribution is -0.133. The van der Waals surface area contributed by atoms with Gasteiger partial charge in [-0.1, -0.05) is 59.1 Å². The van der Waals surface area contributed by atoms with Gasteiger partial charge in [0.1, 0.15) is 29.6 Å². The lowest BCUT2D eigenvalue weighted by Crippen LogP contribution is -2.09. The predicted octanol–water partition coefficient (Wildman–Crippen LogP) is 6.80. The SMILES string of the molecule is COC=C(C(=O)OC)c1ccccc1COc1cc(Cl)c(OCC=C(Cl)C(F)(F)F)c(Cl)c1. The van der Waals surface area contributed by atoms with Gasteiger partial charge in [-0.25, -0.2) is 4.79 Å². The number of methoxy groups -OCH3 is 2. The van der Waals surface area contributed by atoms with Gasteiger partial charge in [-0.05, 0) is 17.2 Å². The van der Waals surface area contributed by atoms with E-state index in [-0.39, 0.29) is 33.7 Å². The summed E-state index contributed by atoms with van der Waals surface area (Å²) < 4.78 is 58.1. The van der Waals surface area contributed by atoms with Crippen molar-refractivity contribution in [3.63, 3.8) is 0 Å². The molecule has 2 rings (SSSR count). The molecule has 0 unspecified atom stereocenters. The fourth-order valence-corrected chi connectivity index (χ4v) is 3.23. The van der Waals surface area contributed by atoms with Gasteiger partial charge in [-0.15, -0.1) is 0 Å². The minimum atomic E-state index is -4.67. The molecule has 0 spiro atoms. The van der Waals surface area contributed by atoms with Crippen LogP contribution in [0.4, 0.5) is 13.2 Å². The molecular weight excluding hydrogens is 508 g/mol. The molecule has 0 saturated heterocycles. The molecule has 5 nitrogen and oxygen atoms in total. The number of hydrogen-bond donors (Lipinski definition) is 0. The van der Waals surface area contributed by atoms with Crippen LogP contribution in [-0.2, 0) is 20.9 Å². The number of ether oxygens (including phenoxy) is 4. The Bertz CT molecular complexity index is 1030. The van der Waals surface area contributed by atoms with Crippen LogP contribution in [0.25, 0.3) is 5.57 Å². The maximum atomic E-state index is 12.4. The highest BCUT2D eigenvalue weighted by Gasteiger charge is 2.32. The van der Waals surface area contributed by atoms with Gasteiger partial charge in [0.25, 0.3) is 0 Å². The van der Waals surface area contributed by atoms with E-state index in [4.69, 9.17) is 53.8 Å². The molecule has 178 valence electrons. The molecule has 0 aromatic heterocycles. The van der Waals surface area contributed by atoms with E-state index in [9.17, 15) is 18.0 Å². The smallest absolute Gasteiger partial charge is 0.426 e. The first-order chi connectivity index (χ1) is 15.6. The Morgan fingerprint density at radius 3 is 2.27 bits per heavy atom. The van der Waals surface area contributed by atoms with Crippen molar-refractivity contribution in [3.05, 3.63) is 74.9 Å². The van der Waals surface area contributed by atoms with Gasteiger partial charge in [0.15, 0.2) is 5.75 Å². The maximum absolute atomic E-state index is 12.4. The van der Waals surface area contributed by atoms with Crippen LogP contribution in [0.15, 0.2) is 53.8 Å². The number of rotatable bonds is 9. The summed E-state index contributed by atoms with van der Waals surface area (Å²) in [6.07, 6.45) is -2.75. The summed E-state index contributed by atoms with van der Waals surface area (Å²) in [6, 6.07) is 9.75. The van der Waals surface area contributed by atoms with Gasteiger partial charge in [0, 0.05) is 12.1 Å². The number of carbonyl (C=O) groups excluding carboxylic acids is 1. The van der Waals surface area contributed by atoms with Crippen molar-refractivity contribution in [2.24, 2.45) is 0 Å². The van der Waals surface area contributed by atoms with E-state index >= 15 is 0 Å². The zero-order valence-corrected chi connectivity index (χ0v) is 19.6. The molecule has 33 heavy (non-hydrogen) atoms. The highest BCUT2D eigenvalue weighted by atomic mass is 35.5. The lowest BCUT2D eigenvalue weighted by atomic mass is 10.0.